The Morgan fingerprint density at radius 2 is 1.76 bits per heavy atom. The molecular formula is C11H12FNO4. The van der Waals surface area contributed by atoms with Crippen LogP contribution in [0.3, 0.4) is 0 Å². The Bertz CT molecular complexity index is 396. The van der Waals surface area contributed by atoms with Crippen LogP contribution < -0.4 is 5.32 Å². The minimum Gasteiger partial charge on any atom is -0.480 e. The highest BCUT2D eigenvalue weighted by atomic mass is 19.1. The lowest BCUT2D eigenvalue weighted by molar-refractivity contribution is -0.143. The van der Waals surface area contributed by atoms with Crippen LogP contribution in [0.15, 0.2) is 30.3 Å². The highest BCUT2D eigenvalue weighted by Crippen LogP contribution is 2.13. The van der Waals surface area contributed by atoms with Gasteiger partial charge in [-0.3, -0.25) is 14.9 Å². The normalized spacial score (nSPS) is 13.9. The van der Waals surface area contributed by atoms with Gasteiger partial charge in [-0.15, -0.1) is 0 Å². The summed E-state index contributed by atoms with van der Waals surface area (Å²) in [6.07, 6.45) is 0. The Labute approximate surface area is 96.9 Å². The highest BCUT2D eigenvalue weighted by molar-refractivity contribution is 5.78. The van der Waals surface area contributed by atoms with Gasteiger partial charge in [0.2, 0.25) is 0 Å². The minimum atomic E-state index is -1.53. The van der Waals surface area contributed by atoms with Crippen molar-refractivity contribution < 1.29 is 24.2 Å². The van der Waals surface area contributed by atoms with Crippen molar-refractivity contribution in [3.05, 3.63) is 35.9 Å². The number of carbonyl (C=O) groups is 2. The van der Waals surface area contributed by atoms with Gasteiger partial charge in [0, 0.05) is 0 Å². The molecule has 0 aliphatic heterocycles. The molecule has 1 rings (SSSR count). The van der Waals surface area contributed by atoms with Crippen molar-refractivity contribution in [2.75, 3.05) is 6.67 Å². The summed E-state index contributed by atoms with van der Waals surface area (Å²) in [6, 6.07) is 5.23. The highest BCUT2D eigenvalue weighted by Gasteiger charge is 2.26. The van der Waals surface area contributed by atoms with Crippen molar-refractivity contribution >= 4 is 11.9 Å². The Balaban J connectivity index is 2.88. The first kappa shape index (κ1) is 13.1. The zero-order valence-corrected chi connectivity index (χ0v) is 8.84. The predicted octanol–water partition coefficient (Wildman–Crippen LogP) is 0.825. The predicted molar refractivity (Wildman–Crippen MR) is 57.4 cm³/mol. The van der Waals surface area contributed by atoms with E-state index in [9.17, 15) is 14.0 Å². The molecule has 5 nitrogen and oxygen atoms in total. The molecule has 1 aromatic carbocycles. The fraction of sp³-hybridized carbons (Fsp3) is 0.273. The van der Waals surface area contributed by atoms with Crippen molar-refractivity contribution in [3.8, 4) is 0 Å². The third kappa shape index (κ3) is 3.53. The molecule has 2 atom stereocenters. The molecule has 17 heavy (non-hydrogen) atoms. The van der Waals surface area contributed by atoms with E-state index >= 15 is 0 Å². The minimum absolute atomic E-state index is 0.375. The van der Waals surface area contributed by atoms with Gasteiger partial charge in [-0.2, -0.15) is 0 Å². The number of halogens is 1. The third-order valence-electron chi connectivity index (χ3n) is 2.20. The van der Waals surface area contributed by atoms with Gasteiger partial charge >= 0.3 is 11.9 Å². The van der Waals surface area contributed by atoms with E-state index in [1.165, 1.54) is 12.1 Å². The van der Waals surface area contributed by atoms with Gasteiger partial charge in [0.1, 0.15) is 18.8 Å². The van der Waals surface area contributed by atoms with Gasteiger partial charge < -0.3 is 10.2 Å². The first-order valence-electron chi connectivity index (χ1n) is 4.89. The second kappa shape index (κ2) is 5.95. The molecule has 0 heterocycles. The molecule has 1 aromatic rings. The average Bonchev–Trinajstić information content (AvgIpc) is 2.30. The lowest BCUT2D eigenvalue weighted by Gasteiger charge is -2.18. The lowest BCUT2D eigenvalue weighted by Crippen LogP contribution is -2.43. The molecule has 0 aliphatic carbocycles. The number of alkyl halides is 1. The van der Waals surface area contributed by atoms with Crippen LogP contribution >= 0.6 is 0 Å². The van der Waals surface area contributed by atoms with E-state index < -0.39 is 30.7 Å². The number of hydrogen-bond acceptors (Lipinski definition) is 3. The summed E-state index contributed by atoms with van der Waals surface area (Å²) in [7, 11) is 0. The van der Waals surface area contributed by atoms with Crippen LogP contribution in [0.1, 0.15) is 11.6 Å². The molecule has 0 fully saturated rings. The van der Waals surface area contributed by atoms with E-state index in [1.807, 2.05) is 0 Å². The zero-order valence-electron chi connectivity index (χ0n) is 8.84. The number of benzene rings is 1. The lowest BCUT2D eigenvalue weighted by atomic mass is 10.1. The standard InChI is InChI=1S/C11H12FNO4/c12-6-8(10(14)15)13-9(11(16)17)7-4-2-1-3-5-7/h1-5,8-9,13H,6H2,(H,14,15)(H,16,17)/t8-,9-/m1/s1. The van der Waals surface area contributed by atoms with Crippen LogP contribution in [0.2, 0.25) is 0 Å². The molecule has 0 saturated carbocycles. The van der Waals surface area contributed by atoms with Crippen molar-refractivity contribution in [1.29, 1.82) is 0 Å². The molecular weight excluding hydrogens is 229 g/mol. The summed E-state index contributed by atoms with van der Waals surface area (Å²) < 4.78 is 12.4. The molecule has 0 saturated heterocycles. The Hall–Kier alpha value is -1.95. The number of hydrogen-bond donors (Lipinski definition) is 3. The Kier molecular flexibility index (Phi) is 4.59. The van der Waals surface area contributed by atoms with Crippen LogP contribution in [0.4, 0.5) is 4.39 Å². The van der Waals surface area contributed by atoms with E-state index in [-0.39, 0.29) is 0 Å². The van der Waals surface area contributed by atoms with E-state index in [4.69, 9.17) is 10.2 Å². The molecule has 92 valence electrons. The van der Waals surface area contributed by atoms with E-state index in [0.717, 1.165) is 0 Å². The van der Waals surface area contributed by atoms with E-state index in [2.05, 4.69) is 5.32 Å². The SMILES string of the molecule is O=C(O)[C@@H](CF)N[C@@H](C(=O)O)c1ccccc1. The summed E-state index contributed by atoms with van der Waals surface area (Å²) >= 11 is 0. The van der Waals surface area contributed by atoms with Crippen LogP contribution in [0.5, 0.6) is 0 Å². The maximum Gasteiger partial charge on any atom is 0.325 e. The largest absolute Gasteiger partial charge is 0.480 e. The first-order valence-corrected chi connectivity index (χ1v) is 4.89. The Morgan fingerprint density at radius 3 is 2.18 bits per heavy atom. The van der Waals surface area contributed by atoms with Crippen molar-refractivity contribution in [1.82, 2.24) is 5.32 Å². The molecule has 0 bridgehead atoms. The summed E-state index contributed by atoms with van der Waals surface area (Å²) in [5.74, 6) is -2.68. The van der Waals surface area contributed by atoms with Crippen molar-refractivity contribution in [3.63, 3.8) is 0 Å². The first-order chi connectivity index (χ1) is 8.06. The zero-order chi connectivity index (χ0) is 12.8. The molecule has 0 aliphatic rings. The Morgan fingerprint density at radius 1 is 1.18 bits per heavy atom. The second-order valence-electron chi connectivity index (χ2n) is 3.39. The third-order valence-corrected chi connectivity index (χ3v) is 2.20. The average molecular weight is 241 g/mol. The molecule has 6 heteroatoms. The molecule has 3 N–H and O–H groups in total. The smallest absolute Gasteiger partial charge is 0.325 e. The summed E-state index contributed by atoms with van der Waals surface area (Å²) in [4.78, 5) is 21.6. The number of nitrogens with one attached hydrogen (secondary N) is 1. The monoisotopic (exact) mass is 241 g/mol. The van der Waals surface area contributed by atoms with Crippen molar-refractivity contribution in [2.45, 2.75) is 12.1 Å². The van der Waals surface area contributed by atoms with Crippen molar-refractivity contribution in [2.24, 2.45) is 0 Å². The van der Waals surface area contributed by atoms with Gasteiger partial charge in [-0.1, -0.05) is 30.3 Å². The molecule has 0 aromatic heterocycles. The summed E-state index contributed by atoms with van der Waals surface area (Å²) in [6.45, 7) is -1.17. The van der Waals surface area contributed by atoms with Crippen LogP contribution in [0.25, 0.3) is 0 Å². The maximum absolute atomic E-state index is 12.4. The topological polar surface area (TPSA) is 86.6 Å². The van der Waals surface area contributed by atoms with Crippen LogP contribution in [-0.4, -0.2) is 34.9 Å². The second-order valence-corrected chi connectivity index (χ2v) is 3.39. The number of carboxylic acids is 2. The van der Waals surface area contributed by atoms with Crippen LogP contribution in [-0.2, 0) is 9.59 Å². The summed E-state index contributed by atoms with van der Waals surface area (Å²) in [5, 5.41) is 19.9. The van der Waals surface area contributed by atoms with E-state index in [0.29, 0.717) is 5.56 Å². The van der Waals surface area contributed by atoms with Gasteiger partial charge in [0.25, 0.3) is 0 Å². The van der Waals surface area contributed by atoms with Gasteiger partial charge in [-0.25, -0.2) is 4.39 Å². The van der Waals surface area contributed by atoms with E-state index in [1.54, 1.807) is 18.2 Å². The van der Waals surface area contributed by atoms with Gasteiger partial charge in [-0.05, 0) is 5.56 Å². The van der Waals surface area contributed by atoms with Crippen LogP contribution in [0, 0.1) is 0 Å². The molecule has 0 unspecified atom stereocenters. The summed E-state index contributed by atoms with van der Waals surface area (Å²) in [5.41, 5.74) is 0.375. The number of rotatable bonds is 6. The molecule has 0 amide bonds. The van der Waals surface area contributed by atoms with Gasteiger partial charge in [0.15, 0.2) is 0 Å². The number of carboxylic acid groups (broad SMARTS) is 2. The number of aliphatic carboxylic acids is 2. The fourth-order valence-corrected chi connectivity index (χ4v) is 1.34. The quantitative estimate of drug-likeness (QED) is 0.686. The maximum atomic E-state index is 12.4. The molecule has 0 radical (unpaired) electrons. The molecule has 0 spiro atoms. The fourth-order valence-electron chi connectivity index (χ4n) is 1.34. The van der Waals surface area contributed by atoms with Gasteiger partial charge in [0.05, 0.1) is 0 Å².